The van der Waals surface area contributed by atoms with Crippen LogP contribution in [-0.2, 0) is 12.8 Å². The molecule has 1 aliphatic carbocycles. The Hall–Kier alpha value is -0.920. The maximum atomic E-state index is 4.37. The van der Waals surface area contributed by atoms with Gasteiger partial charge in [-0.05, 0) is 31.6 Å². The summed E-state index contributed by atoms with van der Waals surface area (Å²) >= 11 is 0. The fraction of sp³-hybridized carbons (Fsp3) is 0.600. The molecule has 0 saturated heterocycles. The van der Waals surface area contributed by atoms with E-state index in [0.717, 1.165) is 18.8 Å². The molecule has 0 amide bonds. The van der Waals surface area contributed by atoms with E-state index < -0.39 is 0 Å². The van der Waals surface area contributed by atoms with E-state index in [1.54, 1.807) is 12.4 Å². The summed E-state index contributed by atoms with van der Waals surface area (Å²) in [5, 5.41) is 0. The van der Waals surface area contributed by atoms with Gasteiger partial charge in [-0.3, -0.25) is 9.97 Å². The molecule has 0 aromatic carbocycles. The molecule has 0 bridgehead atoms. The van der Waals surface area contributed by atoms with Crippen LogP contribution in [0, 0.1) is 5.92 Å². The summed E-state index contributed by atoms with van der Waals surface area (Å²) in [7, 11) is 0. The smallest absolute Gasteiger partial charge is 0.0621 e. The Kier molecular flexibility index (Phi) is 2.07. The first-order chi connectivity index (χ1) is 5.86. The van der Waals surface area contributed by atoms with Crippen molar-refractivity contribution in [1.82, 2.24) is 9.97 Å². The molecule has 0 fully saturated rings. The third-order valence-corrected chi connectivity index (χ3v) is 2.51. The van der Waals surface area contributed by atoms with Crippen molar-refractivity contribution in [2.24, 2.45) is 5.92 Å². The normalized spacial score (nSPS) is 22.9. The highest BCUT2D eigenvalue weighted by Gasteiger charge is 2.14. The zero-order valence-electron chi connectivity index (χ0n) is 7.45. The number of rotatable bonds is 0. The third-order valence-electron chi connectivity index (χ3n) is 2.51. The van der Waals surface area contributed by atoms with Gasteiger partial charge in [0.15, 0.2) is 0 Å². The Morgan fingerprint density at radius 1 is 1.25 bits per heavy atom. The van der Waals surface area contributed by atoms with Crippen LogP contribution in [0.25, 0.3) is 0 Å². The van der Waals surface area contributed by atoms with E-state index in [0.29, 0.717) is 0 Å². The van der Waals surface area contributed by atoms with Gasteiger partial charge in [0.1, 0.15) is 0 Å². The fourth-order valence-electron chi connectivity index (χ4n) is 1.83. The van der Waals surface area contributed by atoms with Gasteiger partial charge in [0.05, 0.1) is 11.4 Å². The standard InChI is InChI=1S/C10H14N2/c1-8-3-2-4-9-10(7-8)12-6-5-11-9/h5-6,8H,2-4,7H2,1H3. The van der Waals surface area contributed by atoms with E-state index in [9.17, 15) is 0 Å². The highest BCUT2D eigenvalue weighted by atomic mass is 14.8. The number of hydrogen-bond donors (Lipinski definition) is 0. The number of aromatic nitrogens is 2. The minimum atomic E-state index is 0.781. The van der Waals surface area contributed by atoms with Crippen molar-refractivity contribution in [1.29, 1.82) is 0 Å². The molecule has 1 aliphatic rings. The van der Waals surface area contributed by atoms with Crippen molar-refractivity contribution in [3.8, 4) is 0 Å². The Labute approximate surface area is 73.1 Å². The van der Waals surface area contributed by atoms with E-state index in [1.165, 1.54) is 24.2 Å². The molecule has 12 heavy (non-hydrogen) atoms. The van der Waals surface area contributed by atoms with Gasteiger partial charge in [0.25, 0.3) is 0 Å². The Morgan fingerprint density at radius 3 is 2.83 bits per heavy atom. The zero-order valence-corrected chi connectivity index (χ0v) is 7.45. The Balaban J connectivity index is 2.31. The molecule has 64 valence electrons. The van der Waals surface area contributed by atoms with E-state index in [4.69, 9.17) is 0 Å². The third kappa shape index (κ3) is 1.47. The number of hydrogen-bond acceptors (Lipinski definition) is 2. The SMILES string of the molecule is CC1CCCc2nccnc2C1. The van der Waals surface area contributed by atoms with Crippen molar-refractivity contribution in [3.05, 3.63) is 23.8 Å². The first kappa shape index (κ1) is 7.71. The van der Waals surface area contributed by atoms with Crippen molar-refractivity contribution in [2.75, 3.05) is 0 Å². The summed E-state index contributed by atoms with van der Waals surface area (Å²) in [5.74, 6) is 0.781. The van der Waals surface area contributed by atoms with Crippen LogP contribution < -0.4 is 0 Å². The maximum Gasteiger partial charge on any atom is 0.0621 e. The average Bonchev–Trinajstić information content (AvgIpc) is 2.25. The Bertz CT molecular complexity index is 270. The van der Waals surface area contributed by atoms with Gasteiger partial charge in [-0.25, -0.2) is 0 Å². The van der Waals surface area contributed by atoms with Gasteiger partial charge in [0, 0.05) is 12.4 Å². The monoisotopic (exact) mass is 162 g/mol. The van der Waals surface area contributed by atoms with Gasteiger partial charge in [-0.15, -0.1) is 0 Å². The highest BCUT2D eigenvalue weighted by molar-refractivity contribution is 5.12. The quantitative estimate of drug-likeness (QED) is 0.545. The maximum absolute atomic E-state index is 4.37. The molecule has 2 rings (SSSR count). The minimum absolute atomic E-state index is 0.781. The van der Waals surface area contributed by atoms with Crippen molar-refractivity contribution < 1.29 is 0 Å². The first-order valence-electron chi connectivity index (χ1n) is 4.65. The summed E-state index contributed by atoms with van der Waals surface area (Å²) in [6.07, 6.45) is 8.42. The van der Waals surface area contributed by atoms with Gasteiger partial charge < -0.3 is 0 Å². The summed E-state index contributed by atoms with van der Waals surface area (Å²) in [6, 6.07) is 0. The zero-order chi connectivity index (χ0) is 8.39. The minimum Gasteiger partial charge on any atom is -0.258 e. The van der Waals surface area contributed by atoms with Crippen molar-refractivity contribution in [3.63, 3.8) is 0 Å². The van der Waals surface area contributed by atoms with Crippen LogP contribution in [0.4, 0.5) is 0 Å². The van der Waals surface area contributed by atoms with Crippen LogP contribution in [-0.4, -0.2) is 9.97 Å². The first-order valence-corrected chi connectivity index (χ1v) is 4.65. The summed E-state index contributed by atoms with van der Waals surface area (Å²) < 4.78 is 0. The van der Waals surface area contributed by atoms with Crippen molar-refractivity contribution in [2.45, 2.75) is 32.6 Å². The molecule has 1 atom stereocenters. The van der Waals surface area contributed by atoms with Crippen LogP contribution in [0.1, 0.15) is 31.2 Å². The molecule has 0 spiro atoms. The van der Waals surface area contributed by atoms with Crippen molar-refractivity contribution >= 4 is 0 Å². The molecule has 2 heteroatoms. The van der Waals surface area contributed by atoms with Crippen LogP contribution in [0.5, 0.6) is 0 Å². The molecule has 0 saturated carbocycles. The van der Waals surface area contributed by atoms with Gasteiger partial charge in [-0.2, -0.15) is 0 Å². The van der Waals surface area contributed by atoms with Crippen LogP contribution in [0.15, 0.2) is 12.4 Å². The molecular weight excluding hydrogens is 148 g/mol. The molecule has 0 radical (unpaired) electrons. The number of nitrogens with zero attached hydrogens (tertiary/aromatic N) is 2. The second-order valence-electron chi connectivity index (χ2n) is 3.65. The second kappa shape index (κ2) is 3.21. The fourth-order valence-corrected chi connectivity index (χ4v) is 1.83. The molecular formula is C10H14N2. The van der Waals surface area contributed by atoms with E-state index >= 15 is 0 Å². The van der Waals surface area contributed by atoms with E-state index in [-0.39, 0.29) is 0 Å². The summed E-state index contributed by atoms with van der Waals surface area (Å²) in [6.45, 7) is 2.30. The van der Waals surface area contributed by atoms with E-state index in [2.05, 4.69) is 16.9 Å². The predicted octanol–water partition coefficient (Wildman–Crippen LogP) is 1.99. The molecule has 1 heterocycles. The van der Waals surface area contributed by atoms with Gasteiger partial charge in [0.2, 0.25) is 0 Å². The molecule has 2 nitrogen and oxygen atoms in total. The summed E-state index contributed by atoms with van der Waals surface area (Å²) in [4.78, 5) is 8.72. The second-order valence-corrected chi connectivity index (χ2v) is 3.65. The lowest BCUT2D eigenvalue weighted by atomic mass is 10.0. The van der Waals surface area contributed by atoms with Crippen LogP contribution in [0.3, 0.4) is 0 Å². The van der Waals surface area contributed by atoms with Crippen LogP contribution in [0.2, 0.25) is 0 Å². The lowest BCUT2D eigenvalue weighted by Crippen LogP contribution is -2.01. The molecule has 0 aliphatic heterocycles. The van der Waals surface area contributed by atoms with E-state index in [1.807, 2.05) is 0 Å². The molecule has 0 N–H and O–H groups in total. The Morgan fingerprint density at radius 2 is 2.00 bits per heavy atom. The number of fused-ring (bicyclic) bond motifs is 1. The van der Waals surface area contributed by atoms with Gasteiger partial charge >= 0.3 is 0 Å². The molecule has 1 aromatic rings. The molecule has 1 unspecified atom stereocenters. The summed E-state index contributed by atoms with van der Waals surface area (Å²) in [5.41, 5.74) is 2.45. The predicted molar refractivity (Wildman–Crippen MR) is 47.8 cm³/mol. The number of aryl methyl sites for hydroxylation is 1. The van der Waals surface area contributed by atoms with Gasteiger partial charge in [-0.1, -0.05) is 6.92 Å². The average molecular weight is 162 g/mol. The molecule has 1 aromatic heterocycles. The van der Waals surface area contributed by atoms with Crippen LogP contribution >= 0.6 is 0 Å². The largest absolute Gasteiger partial charge is 0.258 e. The topological polar surface area (TPSA) is 25.8 Å². The highest BCUT2D eigenvalue weighted by Crippen LogP contribution is 2.20. The lowest BCUT2D eigenvalue weighted by Gasteiger charge is -2.05. The lowest BCUT2D eigenvalue weighted by molar-refractivity contribution is 0.523.